The Morgan fingerprint density at radius 1 is 1.62 bits per heavy atom. The fraction of sp³-hybridized carbons (Fsp3) is 0.500. The molecule has 1 heterocycles. The lowest BCUT2D eigenvalue weighted by Gasteiger charge is -2.18. The minimum atomic E-state index is 0.520. The predicted octanol–water partition coefficient (Wildman–Crippen LogP) is 2.64. The molecular weight excluding hydrogens is 180 g/mol. The lowest BCUT2D eigenvalue weighted by molar-refractivity contribution is 0.597. The third-order valence-corrected chi connectivity index (χ3v) is 3.79. The third-order valence-electron chi connectivity index (χ3n) is 2.69. The molecule has 1 aromatic rings. The van der Waals surface area contributed by atoms with Crippen molar-refractivity contribution in [3.8, 4) is 6.07 Å². The van der Waals surface area contributed by atoms with Gasteiger partial charge in [0, 0.05) is 4.88 Å². The second kappa shape index (κ2) is 3.04. The molecule has 13 heavy (non-hydrogen) atoms. The van der Waals surface area contributed by atoms with Crippen LogP contribution in [0.2, 0.25) is 0 Å². The van der Waals surface area contributed by atoms with Crippen LogP contribution in [0.1, 0.15) is 41.7 Å². The molecule has 0 bridgehead atoms. The number of rotatable bonds is 0. The Bertz CT molecular complexity index is 373. The van der Waals surface area contributed by atoms with Gasteiger partial charge in [-0.25, -0.2) is 0 Å². The molecule has 2 N–H and O–H groups in total. The van der Waals surface area contributed by atoms with Gasteiger partial charge in [-0.2, -0.15) is 5.26 Å². The zero-order valence-corrected chi connectivity index (χ0v) is 8.45. The summed E-state index contributed by atoms with van der Waals surface area (Å²) in [6.07, 6.45) is 3.53. The van der Waals surface area contributed by atoms with Gasteiger partial charge in [0.15, 0.2) is 0 Å². The number of nitrogen functional groups attached to an aromatic ring is 1. The van der Waals surface area contributed by atoms with Crippen LogP contribution in [-0.2, 0) is 6.42 Å². The quantitative estimate of drug-likeness (QED) is 0.687. The number of nitrogens with two attached hydrogens (primary N) is 1. The lowest BCUT2D eigenvalue weighted by Crippen LogP contribution is -2.05. The van der Waals surface area contributed by atoms with Gasteiger partial charge in [0.25, 0.3) is 0 Å². The van der Waals surface area contributed by atoms with Gasteiger partial charge in [0.2, 0.25) is 0 Å². The molecule has 0 aliphatic heterocycles. The Morgan fingerprint density at radius 2 is 2.38 bits per heavy atom. The van der Waals surface area contributed by atoms with Crippen LogP contribution in [0.4, 0.5) is 5.00 Å². The smallest absolute Gasteiger partial charge is 0.104 e. The Balaban J connectivity index is 2.60. The first-order valence-corrected chi connectivity index (χ1v) is 5.36. The molecule has 0 unspecified atom stereocenters. The van der Waals surface area contributed by atoms with Gasteiger partial charge in [-0.05, 0) is 30.7 Å². The van der Waals surface area contributed by atoms with Crippen LogP contribution in [0.3, 0.4) is 0 Å². The average Bonchev–Trinajstić information content (AvgIpc) is 2.42. The first-order valence-electron chi connectivity index (χ1n) is 4.55. The second-order valence-corrected chi connectivity index (χ2v) is 4.72. The highest BCUT2D eigenvalue weighted by Crippen LogP contribution is 2.41. The number of hydrogen-bond acceptors (Lipinski definition) is 3. The van der Waals surface area contributed by atoms with E-state index in [9.17, 15) is 0 Å². The van der Waals surface area contributed by atoms with E-state index in [-0.39, 0.29) is 0 Å². The number of thiophene rings is 1. The molecule has 2 nitrogen and oxygen atoms in total. The van der Waals surface area contributed by atoms with Gasteiger partial charge in [-0.1, -0.05) is 6.92 Å². The van der Waals surface area contributed by atoms with Crippen molar-refractivity contribution in [2.75, 3.05) is 5.73 Å². The van der Waals surface area contributed by atoms with Crippen molar-refractivity contribution < 1.29 is 0 Å². The van der Waals surface area contributed by atoms with Crippen molar-refractivity contribution in [1.82, 2.24) is 0 Å². The van der Waals surface area contributed by atoms with Crippen LogP contribution in [-0.4, -0.2) is 0 Å². The van der Waals surface area contributed by atoms with E-state index in [2.05, 4.69) is 13.0 Å². The van der Waals surface area contributed by atoms with Gasteiger partial charge in [0.1, 0.15) is 11.1 Å². The minimum absolute atomic E-state index is 0.520. The fourth-order valence-electron chi connectivity index (χ4n) is 2.05. The first-order chi connectivity index (χ1) is 6.24. The minimum Gasteiger partial charge on any atom is -0.389 e. The van der Waals surface area contributed by atoms with Crippen LogP contribution in [0.5, 0.6) is 0 Å². The van der Waals surface area contributed by atoms with Gasteiger partial charge >= 0.3 is 0 Å². The number of hydrogen-bond donors (Lipinski definition) is 1. The molecule has 1 atom stereocenters. The van der Waals surface area contributed by atoms with Crippen molar-refractivity contribution in [2.24, 2.45) is 0 Å². The van der Waals surface area contributed by atoms with Crippen LogP contribution < -0.4 is 5.73 Å². The highest BCUT2D eigenvalue weighted by atomic mass is 32.1. The van der Waals surface area contributed by atoms with Crippen molar-refractivity contribution in [3.63, 3.8) is 0 Å². The summed E-state index contributed by atoms with van der Waals surface area (Å²) in [7, 11) is 0. The molecule has 1 aliphatic rings. The fourth-order valence-corrected chi connectivity index (χ4v) is 3.23. The number of fused-ring (bicyclic) bond motifs is 1. The Morgan fingerprint density at radius 3 is 3.08 bits per heavy atom. The zero-order chi connectivity index (χ0) is 9.42. The summed E-state index contributed by atoms with van der Waals surface area (Å²) in [5.74, 6) is 0.520. The average molecular weight is 192 g/mol. The van der Waals surface area contributed by atoms with E-state index in [1.807, 2.05) is 0 Å². The van der Waals surface area contributed by atoms with Gasteiger partial charge in [0.05, 0.1) is 5.56 Å². The normalized spacial score (nSPS) is 20.8. The summed E-state index contributed by atoms with van der Waals surface area (Å²) in [5, 5.41) is 9.67. The molecule has 0 saturated carbocycles. The summed E-state index contributed by atoms with van der Waals surface area (Å²) >= 11 is 1.60. The third kappa shape index (κ3) is 1.22. The van der Waals surface area contributed by atoms with Gasteiger partial charge in [-0.15, -0.1) is 11.3 Å². The standard InChI is InChI=1S/C10H12N2S/c1-6-3-2-4-8-9(6)7(5-11)10(12)13-8/h6H,2-4,12H2,1H3/t6-/m1/s1. The summed E-state index contributed by atoms with van der Waals surface area (Å²) in [6.45, 7) is 2.19. The van der Waals surface area contributed by atoms with Gasteiger partial charge in [-0.3, -0.25) is 0 Å². The summed E-state index contributed by atoms with van der Waals surface area (Å²) in [6, 6.07) is 2.22. The topological polar surface area (TPSA) is 49.8 Å². The molecule has 0 amide bonds. The molecule has 2 rings (SSSR count). The molecule has 1 aliphatic carbocycles. The second-order valence-electron chi connectivity index (χ2n) is 3.58. The van der Waals surface area contributed by atoms with E-state index in [0.29, 0.717) is 10.9 Å². The van der Waals surface area contributed by atoms with Crippen molar-refractivity contribution in [3.05, 3.63) is 16.0 Å². The molecule has 3 heteroatoms. The maximum Gasteiger partial charge on any atom is 0.104 e. The maximum absolute atomic E-state index is 8.96. The van der Waals surface area contributed by atoms with Crippen molar-refractivity contribution >= 4 is 16.3 Å². The van der Waals surface area contributed by atoms with E-state index in [0.717, 1.165) is 12.0 Å². The highest BCUT2D eigenvalue weighted by molar-refractivity contribution is 7.16. The maximum atomic E-state index is 8.96. The van der Waals surface area contributed by atoms with Crippen molar-refractivity contribution in [2.45, 2.75) is 32.1 Å². The summed E-state index contributed by atoms with van der Waals surface area (Å²) in [4.78, 5) is 1.34. The van der Waals surface area contributed by atoms with Crippen LogP contribution in [0.25, 0.3) is 0 Å². The molecule has 1 aromatic heterocycles. The predicted molar refractivity (Wildman–Crippen MR) is 54.8 cm³/mol. The van der Waals surface area contributed by atoms with Crippen LogP contribution in [0, 0.1) is 11.3 Å². The van der Waals surface area contributed by atoms with Gasteiger partial charge < -0.3 is 5.73 Å². The SMILES string of the molecule is C[C@@H]1CCCc2sc(N)c(C#N)c21. The summed E-state index contributed by atoms with van der Waals surface area (Å²) in [5.41, 5.74) is 7.77. The zero-order valence-electron chi connectivity index (χ0n) is 7.63. The largest absolute Gasteiger partial charge is 0.389 e. The number of anilines is 1. The van der Waals surface area contributed by atoms with E-state index in [1.165, 1.54) is 23.3 Å². The van der Waals surface area contributed by atoms with Crippen LogP contribution >= 0.6 is 11.3 Å². The molecule has 0 aromatic carbocycles. The monoisotopic (exact) mass is 192 g/mol. The van der Waals surface area contributed by atoms with E-state index < -0.39 is 0 Å². The molecule has 0 saturated heterocycles. The van der Waals surface area contributed by atoms with E-state index >= 15 is 0 Å². The molecular formula is C10H12N2S. The highest BCUT2D eigenvalue weighted by Gasteiger charge is 2.24. The van der Waals surface area contributed by atoms with E-state index in [1.54, 1.807) is 11.3 Å². The molecule has 0 fully saturated rings. The van der Waals surface area contributed by atoms with Crippen molar-refractivity contribution in [1.29, 1.82) is 5.26 Å². The number of nitriles is 1. The van der Waals surface area contributed by atoms with E-state index in [4.69, 9.17) is 11.0 Å². The Kier molecular flexibility index (Phi) is 2.01. The lowest BCUT2D eigenvalue weighted by atomic mass is 9.87. The number of nitrogens with zero attached hydrogens (tertiary/aromatic N) is 1. The molecule has 0 spiro atoms. The summed E-state index contributed by atoms with van der Waals surface area (Å²) < 4.78 is 0. The molecule has 0 radical (unpaired) electrons. The van der Waals surface area contributed by atoms with Crippen LogP contribution in [0.15, 0.2) is 0 Å². The Labute approximate surface area is 82.0 Å². The molecule has 68 valence electrons. The Hall–Kier alpha value is -1.01. The number of aryl methyl sites for hydroxylation is 1. The first kappa shape index (κ1) is 8.58.